The molecule has 1 fully saturated rings. The minimum absolute atomic E-state index is 0.0379. The molecule has 0 atom stereocenters. The lowest BCUT2D eigenvalue weighted by Gasteiger charge is -2.36. The van der Waals surface area contributed by atoms with Crippen LogP contribution in [0.1, 0.15) is 15.9 Å². The third-order valence-corrected chi connectivity index (χ3v) is 6.26. The maximum atomic E-state index is 13.5. The monoisotopic (exact) mass is 442 g/mol. The summed E-state index contributed by atoms with van der Waals surface area (Å²) in [5.41, 5.74) is 4.18. The first-order chi connectivity index (χ1) is 16.3. The van der Waals surface area contributed by atoms with Gasteiger partial charge in [-0.05, 0) is 12.1 Å². The first-order valence-corrected chi connectivity index (χ1v) is 11.0. The summed E-state index contributed by atoms with van der Waals surface area (Å²) >= 11 is 0. The van der Waals surface area contributed by atoms with Crippen molar-refractivity contribution in [1.82, 2.24) is 15.1 Å². The van der Waals surface area contributed by atoms with Crippen molar-refractivity contribution in [3.8, 4) is 11.3 Å². The molecule has 9 heteroatoms. The molecule has 4 aromatic rings. The number of piperazine rings is 1. The van der Waals surface area contributed by atoms with Crippen LogP contribution in [0.5, 0.6) is 0 Å². The summed E-state index contributed by atoms with van der Waals surface area (Å²) in [6.07, 6.45) is 3.50. The molecule has 0 amide bonds. The fraction of sp³-hybridized carbons (Fsp3) is 0.250. The highest BCUT2D eigenvalue weighted by molar-refractivity contribution is 6.28. The van der Waals surface area contributed by atoms with Crippen molar-refractivity contribution in [3.63, 3.8) is 0 Å². The number of rotatable bonds is 5. The van der Waals surface area contributed by atoms with Gasteiger partial charge in [-0.3, -0.25) is 4.79 Å². The Morgan fingerprint density at radius 2 is 1.73 bits per heavy atom. The van der Waals surface area contributed by atoms with Crippen LogP contribution in [0.25, 0.3) is 22.2 Å². The van der Waals surface area contributed by atoms with Crippen molar-refractivity contribution in [2.75, 3.05) is 54.4 Å². The van der Waals surface area contributed by atoms with E-state index in [1.54, 1.807) is 12.4 Å². The third-order valence-electron chi connectivity index (χ3n) is 6.26. The molecule has 0 unspecified atom stereocenters. The van der Waals surface area contributed by atoms with Crippen molar-refractivity contribution in [2.24, 2.45) is 0 Å². The lowest BCUT2D eigenvalue weighted by Crippen LogP contribution is -2.47. The van der Waals surface area contributed by atoms with Gasteiger partial charge >= 0.3 is 0 Å². The van der Waals surface area contributed by atoms with Crippen LogP contribution in [-0.2, 0) is 0 Å². The van der Waals surface area contributed by atoms with Gasteiger partial charge in [-0.1, -0.05) is 29.4 Å². The second-order valence-electron chi connectivity index (χ2n) is 8.10. The molecule has 2 aromatic carbocycles. The van der Waals surface area contributed by atoms with Crippen LogP contribution < -0.4 is 15.1 Å². The van der Waals surface area contributed by atoms with Crippen molar-refractivity contribution in [1.29, 1.82) is 0 Å². The number of hydrogen-bond donors (Lipinski definition) is 2. The fourth-order valence-corrected chi connectivity index (χ4v) is 4.72. The molecular weight excluding hydrogens is 420 g/mol. The highest BCUT2D eigenvalue weighted by Gasteiger charge is 2.34. The van der Waals surface area contributed by atoms with E-state index in [-0.39, 0.29) is 12.4 Å². The predicted octanol–water partition coefficient (Wildman–Crippen LogP) is 2.56. The number of aliphatic hydroxyl groups is 1. The molecule has 0 bridgehead atoms. The molecule has 9 nitrogen and oxygen atoms in total. The minimum Gasteiger partial charge on any atom is -0.395 e. The molecule has 0 spiro atoms. The smallest absolute Gasteiger partial charge is 0.225 e. The van der Waals surface area contributed by atoms with Gasteiger partial charge in [0.25, 0.3) is 0 Å². The summed E-state index contributed by atoms with van der Waals surface area (Å²) in [5.74, 6) is 1.27. The van der Waals surface area contributed by atoms with Gasteiger partial charge in [0, 0.05) is 61.9 Å². The van der Waals surface area contributed by atoms with Crippen LogP contribution in [0, 0.1) is 0 Å². The van der Waals surface area contributed by atoms with E-state index in [1.165, 1.54) is 0 Å². The Morgan fingerprint density at radius 3 is 2.48 bits per heavy atom. The van der Waals surface area contributed by atoms with Crippen LogP contribution in [0.3, 0.4) is 0 Å². The molecular formula is C24H22N6O3. The standard InChI is InChI=1S/C24H22N6O3/c31-13-8-25-17-14-18(29-9-11-30(12-10-29)24-26-6-3-7-27-24)21-20-19(17)22(32)15-4-1-2-5-16(15)23(20)33-28-21/h1-7,14,25,31H,8-13H2. The molecule has 1 aliphatic carbocycles. The number of fused-ring (bicyclic) bond motifs is 2. The summed E-state index contributed by atoms with van der Waals surface area (Å²) in [4.78, 5) is 26.6. The van der Waals surface area contributed by atoms with E-state index in [0.29, 0.717) is 34.6 Å². The maximum Gasteiger partial charge on any atom is 0.225 e. The number of nitrogens with zero attached hydrogens (tertiary/aromatic N) is 5. The van der Waals surface area contributed by atoms with Crippen molar-refractivity contribution in [3.05, 3.63) is 59.9 Å². The van der Waals surface area contributed by atoms with Gasteiger partial charge in [-0.2, -0.15) is 0 Å². The van der Waals surface area contributed by atoms with Gasteiger partial charge in [0.2, 0.25) is 5.95 Å². The highest BCUT2D eigenvalue weighted by Crippen LogP contribution is 2.45. The average molecular weight is 442 g/mol. The number of carbonyl (C=O) groups excluding carboxylic acids is 1. The summed E-state index contributed by atoms with van der Waals surface area (Å²) in [6, 6.07) is 11.2. The van der Waals surface area contributed by atoms with Crippen molar-refractivity contribution >= 4 is 34.0 Å². The van der Waals surface area contributed by atoms with Gasteiger partial charge in [0.15, 0.2) is 11.5 Å². The van der Waals surface area contributed by atoms with E-state index < -0.39 is 0 Å². The lowest BCUT2D eigenvalue weighted by molar-refractivity contribution is 0.104. The maximum absolute atomic E-state index is 13.5. The summed E-state index contributed by atoms with van der Waals surface area (Å²) in [5, 5.41) is 17.8. The highest BCUT2D eigenvalue weighted by atomic mass is 16.5. The fourth-order valence-electron chi connectivity index (χ4n) is 4.72. The largest absolute Gasteiger partial charge is 0.395 e. The minimum atomic E-state index is -0.0654. The zero-order chi connectivity index (χ0) is 22.4. The molecule has 0 radical (unpaired) electrons. The van der Waals surface area contributed by atoms with Gasteiger partial charge < -0.3 is 24.7 Å². The van der Waals surface area contributed by atoms with Gasteiger partial charge in [0.05, 0.1) is 23.2 Å². The van der Waals surface area contributed by atoms with Gasteiger partial charge in [-0.15, -0.1) is 0 Å². The summed E-state index contributed by atoms with van der Waals surface area (Å²) < 4.78 is 5.82. The van der Waals surface area contributed by atoms with Crippen LogP contribution in [0.4, 0.5) is 17.3 Å². The number of hydrogen-bond acceptors (Lipinski definition) is 9. The van der Waals surface area contributed by atoms with Crippen molar-refractivity contribution < 1.29 is 14.4 Å². The molecule has 166 valence electrons. The predicted molar refractivity (Wildman–Crippen MR) is 125 cm³/mol. The third kappa shape index (κ3) is 3.12. The first kappa shape index (κ1) is 19.7. The molecule has 33 heavy (non-hydrogen) atoms. The van der Waals surface area contributed by atoms with Gasteiger partial charge in [-0.25, -0.2) is 9.97 Å². The number of aromatic nitrogens is 3. The number of carbonyl (C=O) groups is 1. The van der Waals surface area contributed by atoms with E-state index in [0.717, 1.165) is 48.8 Å². The molecule has 1 aliphatic heterocycles. The molecule has 0 saturated carbocycles. The van der Waals surface area contributed by atoms with E-state index in [4.69, 9.17) is 4.52 Å². The Labute approximate surface area is 189 Å². The molecule has 2 N–H and O–H groups in total. The molecule has 6 rings (SSSR count). The number of benzene rings is 2. The number of anilines is 3. The zero-order valence-electron chi connectivity index (χ0n) is 17.9. The van der Waals surface area contributed by atoms with Crippen LogP contribution in [0.2, 0.25) is 0 Å². The second-order valence-corrected chi connectivity index (χ2v) is 8.10. The quantitative estimate of drug-likeness (QED) is 0.425. The Hall–Kier alpha value is -3.98. The van der Waals surface area contributed by atoms with Crippen LogP contribution in [-0.4, -0.2) is 65.3 Å². The molecule has 1 saturated heterocycles. The molecule has 3 heterocycles. The number of nitrogens with one attached hydrogen (secondary N) is 1. The Morgan fingerprint density at radius 1 is 1.00 bits per heavy atom. The number of ketones is 1. The molecule has 2 aromatic heterocycles. The Balaban J connectivity index is 1.43. The summed E-state index contributed by atoms with van der Waals surface area (Å²) in [6.45, 7) is 3.33. The van der Waals surface area contributed by atoms with E-state index in [1.807, 2.05) is 36.4 Å². The average Bonchev–Trinajstić information content (AvgIpc) is 3.32. The topological polar surface area (TPSA) is 108 Å². The number of aliphatic hydroxyl groups excluding tert-OH is 1. The van der Waals surface area contributed by atoms with E-state index in [9.17, 15) is 9.90 Å². The SMILES string of the molecule is O=C1c2ccccc2-c2onc3c(N4CCN(c5ncccn5)CC4)cc(NCCO)c1c23. The van der Waals surface area contributed by atoms with Gasteiger partial charge in [0.1, 0.15) is 5.52 Å². The van der Waals surface area contributed by atoms with Crippen molar-refractivity contribution in [2.45, 2.75) is 0 Å². The lowest BCUT2D eigenvalue weighted by atomic mass is 9.86. The van der Waals surface area contributed by atoms with E-state index in [2.05, 4.69) is 30.2 Å². The zero-order valence-corrected chi connectivity index (χ0v) is 17.9. The second kappa shape index (κ2) is 7.86. The molecule has 2 aliphatic rings. The Kier molecular flexibility index (Phi) is 4.69. The summed E-state index contributed by atoms with van der Waals surface area (Å²) in [7, 11) is 0. The van der Waals surface area contributed by atoms with E-state index >= 15 is 0 Å². The normalized spacial score (nSPS) is 15.1. The van der Waals surface area contributed by atoms with Crippen LogP contribution in [0.15, 0.2) is 53.3 Å². The van der Waals surface area contributed by atoms with Crippen LogP contribution >= 0.6 is 0 Å². The first-order valence-electron chi connectivity index (χ1n) is 11.0. The Bertz CT molecular complexity index is 1350.